The monoisotopic (exact) mass is 431 g/mol. The summed E-state index contributed by atoms with van der Waals surface area (Å²) in [4.78, 5) is 15.3. The normalized spacial score (nSPS) is 14.8. The third-order valence-corrected chi connectivity index (χ3v) is 6.82. The maximum Gasteiger partial charge on any atom is 0.287 e. The Balaban J connectivity index is 1.34. The molecule has 4 aromatic rings. The van der Waals surface area contributed by atoms with Gasteiger partial charge in [0.15, 0.2) is 5.01 Å². The molecule has 0 bridgehead atoms. The molecule has 0 aliphatic carbocycles. The van der Waals surface area contributed by atoms with Gasteiger partial charge in [-0.1, -0.05) is 47.6 Å². The maximum atomic E-state index is 5.51. The van der Waals surface area contributed by atoms with Crippen molar-refractivity contribution in [1.29, 1.82) is 0 Å². The predicted molar refractivity (Wildman–Crippen MR) is 125 cm³/mol. The number of hydrogen-bond acceptors (Lipinski definition) is 7. The minimum Gasteiger partial charge on any atom is -0.369 e. The first-order chi connectivity index (χ1) is 15.2. The molecule has 1 aliphatic heterocycles. The lowest BCUT2D eigenvalue weighted by Gasteiger charge is -2.34. The lowest BCUT2D eigenvalue weighted by atomic mass is 10.1. The van der Waals surface area contributed by atoms with E-state index in [4.69, 9.17) is 9.51 Å². The largest absolute Gasteiger partial charge is 0.369 e. The van der Waals surface area contributed by atoms with Crippen LogP contribution in [0.15, 0.2) is 59.1 Å². The van der Waals surface area contributed by atoms with E-state index in [1.807, 2.05) is 37.3 Å². The summed E-state index contributed by atoms with van der Waals surface area (Å²) in [5.74, 6) is 1.06. The van der Waals surface area contributed by atoms with Gasteiger partial charge in [0.05, 0.1) is 5.69 Å². The van der Waals surface area contributed by atoms with E-state index in [1.165, 1.54) is 16.1 Å². The molecule has 158 valence electrons. The van der Waals surface area contributed by atoms with Gasteiger partial charge in [-0.3, -0.25) is 0 Å². The van der Waals surface area contributed by atoms with Crippen molar-refractivity contribution >= 4 is 17.0 Å². The smallest absolute Gasteiger partial charge is 0.287 e. The van der Waals surface area contributed by atoms with Crippen molar-refractivity contribution in [2.24, 2.45) is 0 Å². The van der Waals surface area contributed by atoms with Crippen molar-refractivity contribution in [3.8, 4) is 22.3 Å². The number of likely N-dealkylation sites (N-methyl/N-ethyl adjacent to an activating group) is 1. The highest BCUT2D eigenvalue weighted by Crippen LogP contribution is 2.30. The van der Waals surface area contributed by atoms with E-state index < -0.39 is 0 Å². The fourth-order valence-electron chi connectivity index (χ4n) is 3.81. The molecule has 1 fully saturated rings. The number of thiazole rings is 1. The zero-order chi connectivity index (χ0) is 21.2. The Morgan fingerprint density at radius 1 is 0.968 bits per heavy atom. The minimum atomic E-state index is 0.476. The third-order valence-electron chi connectivity index (χ3n) is 5.68. The third kappa shape index (κ3) is 4.38. The molecule has 1 aliphatic rings. The lowest BCUT2D eigenvalue weighted by molar-refractivity contribution is 0.313. The van der Waals surface area contributed by atoms with Crippen LogP contribution in [-0.4, -0.2) is 53.3 Å². The molecule has 0 saturated carbocycles. The zero-order valence-electron chi connectivity index (χ0n) is 17.8. The van der Waals surface area contributed by atoms with Crippen LogP contribution in [0, 0.1) is 6.92 Å². The van der Waals surface area contributed by atoms with E-state index >= 15 is 0 Å². The van der Waals surface area contributed by atoms with Gasteiger partial charge in [0, 0.05) is 48.7 Å². The van der Waals surface area contributed by atoms with Gasteiger partial charge in [0.25, 0.3) is 5.89 Å². The van der Waals surface area contributed by atoms with Gasteiger partial charge in [0.2, 0.25) is 5.82 Å². The van der Waals surface area contributed by atoms with Gasteiger partial charge in [-0.05, 0) is 31.7 Å². The Morgan fingerprint density at radius 3 is 2.58 bits per heavy atom. The summed E-state index contributed by atoms with van der Waals surface area (Å²) >= 11 is 1.63. The Hall–Kier alpha value is -3.03. The molecule has 31 heavy (non-hydrogen) atoms. The zero-order valence-corrected chi connectivity index (χ0v) is 18.6. The fraction of sp³-hybridized carbons (Fsp3) is 0.292. The number of hydrogen-bond donors (Lipinski definition) is 0. The molecule has 7 heteroatoms. The topological polar surface area (TPSA) is 58.3 Å². The number of aryl methyl sites for hydroxylation is 1. The highest BCUT2D eigenvalue weighted by Gasteiger charge is 2.18. The minimum absolute atomic E-state index is 0.476. The van der Waals surface area contributed by atoms with E-state index in [-0.39, 0.29) is 0 Å². The van der Waals surface area contributed by atoms with Crippen molar-refractivity contribution in [2.75, 3.05) is 38.1 Å². The van der Waals surface area contributed by atoms with Crippen molar-refractivity contribution < 1.29 is 4.52 Å². The van der Waals surface area contributed by atoms with Crippen LogP contribution < -0.4 is 4.90 Å². The summed E-state index contributed by atoms with van der Waals surface area (Å²) in [5, 5.41) is 4.90. The molecule has 2 aromatic carbocycles. The Bertz CT molecular complexity index is 1160. The summed E-state index contributed by atoms with van der Waals surface area (Å²) in [5.41, 5.74) is 4.55. The second kappa shape index (κ2) is 8.61. The van der Waals surface area contributed by atoms with Crippen molar-refractivity contribution in [3.63, 3.8) is 0 Å². The predicted octanol–water partition coefficient (Wildman–Crippen LogP) is 4.51. The van der Waals surface area contributed by atoms with Crippen LogP contribution in [0.4, 0.5) is 5.69 Å². The number of anilines is 1. The van der Waals surface area contributed by atoms with Gasteiger partial charge in [-0.25, -0.2) is 4.98 Å². The summed E-state index contributed by atoms with van der Waals surface area (Å²) in [7, 11) is 2.18. The SMILES string of the molecule is Cc1nc(-c2nc(-c3ccccc3)no2)sc1Cc1cccc(N2CCN(C)CC2)c1. The maximum absolute atomic E-state index is 5.51. The van der Waals surface area contributed by atoms with Crippen molar-refractivity contribution in [1.82, 2.24) is 20.0 Å². The standard InChI is InChI=1S/C24H25N5OS/c1-17-21(16-18-7-6-10-20(15-18)29-13-11-28(2)12-14-29)31-24(25-17)23-26-22(27-30-23)19-8-4-3-5-9-19/h3-10,15H,11-14,16H2,1-2H3. The molecule has 1 saturated heterocycles. The molecular formula is C24H25N5OS. The molecule has 0 radical (unpaired) electrons. The fourth-order valence-corrected chi connectivity index (χ4v) is 4.83. The van der Waals surface area contributed by atoms with Crippen molar-refractivity contribution in [2.45, 2.75) is 13.3 Å². The second-order valence-electron chi connectivity index (χ2n) is 7.95. The van der Waals surface area contributed by atoms with Gasteiger partial charge in [-0.2, -0.15) is 4.98 Å². The van der Waals surface area contributed by atoms with Gasteiger partial charge >= 0.3 is 0 Å². The molecular weight excluding hydrogens is 406 g/mol. The van der Waals surface area contributed by atoms with Crippen LogP contribution in [0.1, 0.15) is 16.1 Å². The average Bonchev–Trinajstić information content (AvgIpc) is 3.43. The molecule has 0 N–H and O–H groups in total. The first kappa shape index (κ1) is 19.9. The van der Waals surface area contributed by atoms with Gasteiger partial charge in [-0.15, -0.1) is 11.3 Å². The second-order valence-corrected chi connectivity index (χ2v) is 9.04. The summed E-state index contributed by atoms with van der Waals surface area (Å²) < 4.78 is 5.51. The van der Waals surface area contributed by atoms with Crippen LogP contribution >= 0.6 is 11.3 Å². The molecule has 0 amide bonds. The van der Waals surface area contributed by atoms with E-state index in [9.17, 15) is 0 Å². The average molecular weight is 432 g/mol. The number of nitrogens with zero attached hydrogens (tertiary/aromatic N) is 5. The Morgan fingerprint density at radius 2 is 1.77 bits per heavy atom. The first-order valence-corrected chi connectivity index (χ1v) is 11.4. The van der Waals surface area contributed by atoms with E-state index in [0.717, 1.165) is 48.9 Å². The van der Waals surface area contributed by atoms with E-state index in [1.54, 1.807) is 11.3 Å². The highest BCUT2D eigenvalue weighted by molar-refractivity contribution is 7.15. The van der Waals surface area contributed by atoms with Crippen LogP contribution in [0.3, 0.4) is 0 Å². The molecule has 3 heterocycles. The molecule has 0 atom stereocenters. The molecule has 5 rings (SSSR count). The summed E-state index contributed by atoms with van der Waals surface area (Å²) in [6, 6.07) is 18.7. The van der Waals surface area contributed by atoms with Gasteiger partial charge < -0.3 is 14.3 Å². The highest BCUT2D eigenvalue weighted by atomic mass is 32.1. The number of aromatic nitrogens is 3. The Kier molecular flexibility index (Phi) is 5.53. The summed E-state index contributed by atoms with van der Waals surface area (Å²) in [6.45, 7) is 6.41. The first-order valence-electron chi connectivity index (χ1n) is 10.5. The molecule has 2 aromatic heterocycles. The number of benzene rings is 2. The van der Waals surface area contributed by atoms with E-state index in [2.05, 4.69) is 51.3 Å². The number of rotatable bonds is 5. The summed E-state index contributed by atoms with van der Waals surface area (Å²) in [6.07, 6.45) is 0.852. The van der Waals surface area contributed by atoms with Crippen LogP contribution in [-0.2, 0) is 6.42 Å². The van der Waals surface area contributed by atoms with E-state index in [0.29, 0.717) is 11.7 Å². The van der Waals surface area contributed by atoms with Crippen LogP contribution in [0.2, 0.25) is 0 Å². The molecule has 0 unspecified atom stereocenters. The van der Waals surface area contributed by atoms with Crippen LogP contribution in [0.25, 0.3) is 22.3 Å². The molecule has 0 spiro atoms. The lowest BCUT2D eigenvalue weighted by Crippen LogP contribution is -2.44. The van der Waals surface area contributed by atoms with Crippen LogP contribution in [0.5, 0.6) is 0 Å². The number of piperazine rings is 1. The van der Waals surface area contributed by atoms with Gasteiger partial charge in [0.1, 0.15) is 0 Å². The Labute approximate surface area is 186 Å². The molecule has 6 nitrogen and oxygen atoms in total. The quantitative estimate of drug-likeness (QED) is 0.463. The van der Waals surface area contributed by atoms with Crippen molar-refractivity contribution in [3.05, 3.63) is 70.7 Å².